The minimum Gasteiger partial charge on any atom is -0.455 e. The molecule has 0 unspecified atom stereocenters. The Bertz CT molecular complexity index is 3090. The van der Waals surface area contributed by atoms with Crippen molar-refractivity contribution >= 4 is 85.8 Å². The van der Waals surface area contributed by atoms with Crippen LogP contribution in [-0.4, -0.2) is 0 Å². The van der Waals surface area contributed by atoms with Crippen molar-refractivity contribution in [3.63, 3.8) is 0 Å². The Morgan fingerprint density at radius 2 is 1.00 bits per heavy atom. The van der Waals surface area contributed by atoms with Crippen molar-refractivity contribution in [2.24, 2.45) is 0 Å². The standard InChI is InChI=1S/C48H28OS/c1-2-13-30(14-3-1)45-34-16-6-8-18-36(34)46(37-19-9-7-17-35(37)45)41-27-32(28-44-47(41)39-20-10-11-21-43(39)50-44)31-23-25-42-40(26-31)38-24-22-29-12-4-5-15-33(29)48(38)49-42/h1-28H. The third-order valence-electron chi connectivity index (χ3n) is 10.4. The minimum atomic E-state index is 0.914. The maximum Gasteiger partial charge on any atom is 0.143 e. The predicted octanol–water partition coefficient (Wildman–Crippen LogP) is 14.4. The average molecular weight is 653 g/mol. The molecule has 0 aliphatic heterocycles. The first kappa shape index (κ1) is 27.7. The molecule has 0 saturated carbocycles. The molecule has 0 atom stereocenters. The summed E-state index contributed by atoms with van der Waals surface area (Å²) in [6, 6.07) is 62.0. The zero-order valence-electron chi connectivity index (χ0n) is 27.0. The molecule has 0 aliphatic carbocycles. The molecule has 11 rings (SSSR count). The van der Waals surface area contributed by atoms with Gasteiger partial charge < -0.3 is 4.42 Å². The molecule has 0 bridgehead atoms. The fourth-order valence-corrected chi connectivity index (χ4v) is 9.41. The third-order valence-corrected chi connectivity index (χ3v) is 11.6. The van der Waals surface area contributed by atoms with Crippen LogP contribution in [0.3, 0.4) is 0 Å². The van der Waals surface area contributed by atoms with Gasteiger partial charge in [0.1, 0.15) is 11.2 Å². The number of fused-ring (bicyclic) bond motifs is 10. The number of rotatable bonds is 3. The summed E-state index contributed by atoms with van der Waals surface area (Å²) in [5.41, 5.74) is 9.33. The summed E-state index contributed by atoms with van der Waals surface area (Å²) in [5, 5.41) is 12.3. The van der Waals surface area contributed by atoms with E-state index in [-0.39, 0.29) is 0 Å². The van der Waals surface area contributed by atoms with Crippen LogP contribution in [0.25, 0.3) is 108 Å². The van der Waals surface area contributed by atoms with Gasteiger partial charge in [0.15, 0.2) is 0 Å². The highest BCUT2D eigenvalue weighted by Crippen LogP contribution is 2.49. The molecule has 232 valence electrons. The maximum absolute atomic E-state index is 6.51. The third kappa shape index (κ3) is 4.00. The Labute approximate surface area is 292 Å². The fraction of sp³-hybridized carbons (Fsp3) is 0. The van der Waals surface area contributed by atoms with E-state index in [9.17, 15) is 0 Å². The first-order chi connectivity index (χ1) is 24.8. The number of hydrogen-bond donors (Lipinski definition) is 0. The first-order valence-corrected chi connectivity index (χ1v) is 17.9. The lowest BCUT2D eigenvalue weighted by Crippen LogP contribution is -1.92. The lowest BCUT2D eigenvalue weighted by molar-refractivity contribution is 0.672. The van der Waals surface area contributed by atoms with Gasteiger partial charge in [0.05, 0.1) is 0 Å². The van der Waals surface area contributed by atoms with E-state index >= 15 is 0 Å². The molecule has 0 spiro atoms. The molecular formula is C48H28OS. The first-order valence-electron chi connectivity index (χ1n) is 17.1. The van der Waals surface area contributed by atoms with Crippen LogP contribution in [0.5, 0.6) is 0 Å². The van der Waals surface area contributed by atoms with Gasteiger partial charge in [0, 0.05) is 36.3 Å². The Kier molecular flexibility index (Phi) is 5.89. The Balaban J connectivity index is 1.25. The zero-order chi connectivity index (χ0) is 32.8. The van der Waals surface area contributed by atoms with E-state index in [1.807, 2.05) is 11.3 Å². The average Bonchev–Trinajstić information content (AvgIpc) is 3.75. The van der Waals surface area contributed by atoms with Crippen LogP contribution in [0.15, 0.2) is 174 Å². The van der Waals surface area contributed by atoms with Gasteiger partial charge in [-0.2, -0.15) is 0 Å². The summed E-state index contributed by atoms with van der Waals surface area (Å²) in [7, 11) is 0. The van der Waals surface area contributed by atoms with E-state index in [0.717, 1.165) is 27.3 Å². The topological polar surface area (TPSA) is 13.1 Å². The van der Waals surface area contributed by atoms with Crippen molar-refractivity contribution in [3.8, 4) is 33.4 Å². The molecule has 11 aromatic rings. The summed E-state index contributed by atoms with van der Waals surface area (Å²) in [6.45, 7) is 0. The predicted molar refractivity (Wildman–Crippen MR) is 215 cm³/mol. The molecule has 0 amide bonds. The van der Waals surface area contributed by atoms with Gasteiger partial charge in [-0.3, -0.25) is 0 Å². The van der Waals surface area contributed by atoms with Crippen molar-refractivity contribution in [2.75, 3.05) is 0 Å². The summed E-state index contributed by atoms with van der Waals surface area (Å²) in [6.07, 6.45) is 0. The molecule has 0 saturated heterocycles. The molecule has 50 heavy (non-hydrogen) atoms. The lowest BCUT2D eigenvalue weighted by Gasteiger charge is -2.19. The van der Waals surface area contributed by atoms with Crippen molar-refractivity contribution in [3.05, 3.63) is 170 Å². The van der Waals surface area contributed by atoms with Gasteiger partial charge in [0.2, 0.25) is 0 Å². The van der Waals surface area contributed by atoms with Crippen LogP contribution in [-0.2, 0) is 0 Å². The van der Waals surface area contributed by atoms with Crippen LogP contribution in [0, 0.1) is 0 Å². The molecule has 2 heteroatoms. The van der Waals surface area contributed by atoms with Gasteiger partial charge >= 0.3 is 0 Å². The van der Waals surface area contributed by atoms with Crippen molar-refractivity contribution in [1.82, 2.24) is 0 Å². The summed E-state index contributed by atoms with van der Waals surface area (Å²) < 4.78 is 9.10. The smallest absolute Gasteiger partial charge is 0.143 e. The summed E-state index contributed by atoms with van der Waals surface area (Å²) >= 11 is 1.88. The van der Waals surface area contributed by atoms with E-state index in [2.05, 4.69) is 170 Å². The Morgan fingerprint density at radius 1 is 0.360 bits per heavy atom. The van der Waals surface area contributed by atoms with Gasteiger partial charge in [0.25, 0.3) is 0 Å². The monoisotopic (exact) mass is 652 g/mol. The second-order valence-corrected chi connectivity index (χ2v) is 14.3. The number of furan rings is 1. The van der Waals surface area contributed by atoms with E-state index in [0.29, 0.717) is 0 Å². The number of benzene rings is 9. The fourth-order valence-electron chi connectivity index (χ4n) is 8.24. The highest BCUT2D eigenvalue weighted by Gasteiger charge is 2.21. The largest absolute Gasteiger partial charge is 0.455 e. The zero-order valence-corrected chi connectivity index (χ0v) is 27.8. The van der Waals surface area contributed by atoms with E-state index in [4.69, 9.17) is 4.42 Å². The normalized spacial score (nSPS) is 12.0. The van der Waals surface area contributed by atoms with E-state index < -0.39 is 0 Å². The molecule has 1 nitrogen and oxygen atoms in total. The SMILES string of the molecule is c1ccc(-c2c3ccccc3c(-c3cc(-c4ccc5oc6c7ccccc7ccc6c5c4)cc4sc5ccccc5c34)c3ccccc23)cc1. The van der Waals surface area contributed by atoms with Gasteiger partial charge in [-0.05, 0) is 96.7 Å². The second kappa shape index (κ2) is 10.6. The van der Waals surface area contributed by atoms with Gasteiger partial charge in [-0.15, -0.1) is 11.3 Å². The van der Waals surface area contributed by atoms with Gasteiger partial charge in [-0.1, -0.05) is 133 Å². The number of thiophene rings is 1. The van der Waals surface area contributed by atoms with Crippen LogP contribution < -0.4 is 0 Å². The Hall–Kier alpha value is -6.22. The van der Waals surface area contributed by atoms with Crippen molar-refractivity contribution in [2.45, 2.75) is 0 Å². The maximum atomic E-state index is 6.51. The van der Waals surface area contributed by atoms with Crippen LogP contribution in [0.1, 0.15) is 0 Å². The van der Waals surface area contributed by atoms with Crippen LogP contribution in [0.4, 0.5) is 0 Å². The molecule has 2 heterocycles. The minimum absolute atomic E-state index is 0.914. The van der Waals surface area contributed by atoms with Crippen LogP contribution in [0.2, 0.25) is 0 Å². The lowest BCUT2D eigenvalue weighted by atomic mass is 9.84. The van der Waals surface area contributed by atoms with Crippen molar-refractivity contribution in [1.29, 1.82) is 0 Å². The van der Waals surface area contributed by atoms with E-state index in [1.165, 1.54) is 80.5 Å². The highest BCUT2D eigenvalue weighted by atomic mass is 32.1. The second-order valence-electron chi connectivity index (χ2n) is 13.2. The Morgan fingerprint density at radius 3 is 1.76 bits per heavy atom. The molecule has 0 radical (unpaired) electrons. The molecule has 0 N–H and O–H groups in total. The quantitative estimate of drug-likeness (QED) is 0.173. The molecule has 2 aromatic heterocycles. The number of hydrogen-bond acceptors (Lipinski definition) is 2. The summed E-state index contributed by atoms with van der Waals surface area (Å²) in [5.74, 6) is 0. The highest BCUT2D eigenvalue weighted by molar-refractivity contribution is 7.26. The van der Waals surface area contributed by atoms with Crippen LogP contribution >= 0.6 is 11.3 Å². The molecule has 9 aromatic carbocycles. The molecule has 0 aliphatic rings. The van der Waals surface area contributed by atoms with E-state index in [1.54, 1.807) is 0 Å². The molecular weight excluding hydrogens is 625 g/mol. The van der Waals surface area contributed by atoms with Crippen molar-refractivity contribution < 1.29 is 4.42 Å². The van der Waals surface area contributed by atoms with Gasteiger partial charge in [-0.25, -0.2) is 0 Å². The summed E-state index contributed by atoms with van der Waals surface area (Å²) in [4.78, 5) is 0. The molecule has 0 fully saturated rings.